The molecule has 0 unspecified atom stereocenters. The highest BCUT2D eigenvalue weighted by molar-refractivity contribution is 7.92. The minimum absolute atomic E-state index is 0.0165. The maximum Gasteiger partial charge on any atom is 0.264 e. The molecule has 0 aliphatic carbocycles. The minimum Gasteiger partial charge on any atom is -0.497 e. The number of rotatable bonds is 13. The molecule has 2 amide bonds. The summed E-state index contributed by atoms with van der Waals surface area (Å²) in [6, 6.07) is 19.3. The molecule has 0 aliphatic heterocycles. The van der Waals surface area contributed by atoms with Gasteiger partial charge in [-0.2, -0.15) is 0 Å². The Balaban J connectivity index is 2.00. The molecule has 0 aromatic heterocycles. The normalized spacial score (nSPS) is 11.8. The first-order valence-electron chi connectivity index (χ1n) is 13.1. The van der Waals surface area contributed by atoms with Gasteiger partial charge in [-0.1, -0.05) is 29.8 Å². The van der Waals surface area contributed by atoms with E-state index >= 15 is 0 Å². The maximum atomic E-state index is 13.9. The zero-order valence-electron chi connectivity index (χ0n) is 23.6. The first-order valence-corrected chi connectivity index (χ1v) is 14.6. The van der Waals surface area contributed by atoms with Crippen LogP contribution in [-0.2, 0) is 26.2 Å². The number of aryl methyl sites for hydroxylation is 1. The predicted octanol–water partition coefficient (Wildman–Crippen LogP) is 4.15. The third-order valence-corrected chi connectivity index (χ3v) is 8.14. The van der Waals surface area contributed by atoms with Crippen molar-refractivity contribution in [2.75, 3.05) is 31.1 Å². The second-order valence-electron chi connectivity index (χ2n) is 9.19. The molecule has 1 N–H and O–H groups in total. The molecule has 40 heavy (non-hydrogen) atoms. The quantitative estimate of drug-likeness (QED) is 0.333. The van der Waals surface area contributed by atoms with Gasteiger partial charge in [0.05, 0.1) is 24.3 Å². The number of anilines is 1. The lowest BCUT2D eigenvalue weighted by Gasteiger charge is -2.32. The first-order chi connectivity index (χ1) is 19.1. The first kappa shape index (κ1) is 30.5. The lowest BCUT2D eigenvalue weighted by molar-refractivity contribution is -0.139. The van der Waals surface area contributed by atoms with E-state index in [1.165, 1.54) is 17.0 Å². The number of likely N-dealkylation sites (N-methyl/N-ethyl adjacent to an activating group) is 1. The van der Waals surface area contributed by atoms with Crippen LogP contribution in [0.2, 0.25) is 0 Å². The second kappa shape index (κ2) is 13.8. The number of carbonyl (C=O) groups excluding carboxylic acids is 2. The van der Waals surface area contributed by atoms with E-state index in [0.717, 1.165) is 15.4 Å². The van der Waals surface area contributed by atoms with Gasteiger partial charge in [0.15, 0.2) is 0 Å². The molecule has 0 saturated heterocycles. The molecular weight excluding hydrogens is 530 g/mol. The van der Waals surface area contributed by atoms with E-state index in [-0.39, 0.29) is 17.3 Å². The fourth-order valence-electron chi connectivity index (χ4n) is 4.07. The van der Waals surface area contributed by atoms with E-state index in [2.05, 4.69) is 5.32 Å². The molecule has 0 spiro atoms. The number of nitrogens with one attached hydrogen (secondary N) is 1. The van der Waals surface area contributed by atoms with Crippen molar-refractivity contribution < 1.29 is 27.5 Å². The van der Waals surface area contributed by atoms with Crippen LogP contribution in [0.25, 0.3) is 0 Å². The summed E-state index contributed by atoms with van der Waals surface area (Å²) in [5.74, 6) is 0.344. The number of amides is 2. The number of hydrogen-bond donors (Lipinski definition) is 1. The van der Waals surface area contributed by atoms with Gasteiger partial charge in [-0.15, -0.1) is 0 Å². The number of ether oxygens (including phenoxy) is 2. The van der Waals surface area contributed by atoms with Crippen LogP contribution >= 0.6 is 0 Å². The highest BCUT2D eigenvalue weighted by Gasteiger charge is 2.32. The van der Waals surface area contributed by atoms with Crippen molar-refractivity contribution in [1.82, 2.24) is 10.2 Å². The van der Waals surface area contributed by atoms with Crippen LogP contribution in [0.1, 0.15) is 31.9 Å². The molecular formula is C30H37N3O6S. The number of sulfonamides is 1. The van der Waals surface area contributed by atoms with Crippen molar-refractivity contribution in [3.63, 3.8) is 0 Å². The molecule has 9 nitrogen and oxygen atoms in total. The number of nitrogens with zero attached hydrogens (tertiary/aromatic N) is 2. The summed E-state index contributed by atoms with van der Waals surface area (Å²) in [7, 11) is -2.59. The Morgan fingerprint density at radius 2 is 1.50 bits per heavy atom. The van der Waals surface area contributed by atoms with Gasteiger partial charge >= 0.3 is 0 Å². The summed E-state index contributed by atoms with van der Waals surface area (Å²) in [6.07, 6.45) is 0. The van der Waals surface area contributed by atoms with Gasteiger partial charge in [0, 0.05) is 13.1 Å². The average Bonchev–Trinajstić information content (AvgIpc) is 2.95. The van der Waals surface area contributed by atoms with E-state index in [4.69, 9.17) is 9.47 Å². The fraction of sp³-hybridized carbons (Fsp3) is 0.333. The summed E-state index contributed by atoms with van der Waals surface area (Å²) in [5, 5.41) is 2.75. The monoisotopic (exact) mass is 567 g/mol. The Morgan fingerprint density at radius 3 is 2.05 bits per heavy atom. The van der Waals surface area contributed by atoms with Crippen molar-refractivity contribution in [2.24, 2.45) is 0 Å². The summed E-state index contributed by atoms with van der Waals surface area (Å²) in [4.78, 5) is 28.1. The molecule has 0 aliphatic rings. The fourth-order valence-corrected chi connectivity index (χ4v) is 5.49. The van der Waals surface area contributed by atoms with Gasteiger partial charge in [-0.25, -0.2) is 8.42 Å². The van der Waals surface area contributed by atoms with Crippen molar-refractivity contribution in [3.05, 3.63) is 83.9 Å². The maximum absolute atomic E-state index is 13.9. The molecule has 0 bridgehead atoms. The van der Waals surface area contributed by atoms with Gasteiger partial charge in [0.1, 0.15) is 24.1 Å². The van der Waals surface area contributed by atoms with Crippen LogP contribution < -0.4 is 19.1 Å². The second-order valence-corrected chi connectivity index (χ2v) is 11.1. The van der Waals surface area contributed by atoms with Gasteiger partial charge in [0.2, 0.25) is 11.8 Å². The Bertz CT molecular complexity index is 1370. The molecule has 3 rings (SSSR count). The molecule has 3 aromatic rings. The minimum atomic E-state index is -4.15. The zero-order chi connectivity index (χ0) is 29.3. The number of carbonyl (C=O) groups is 2. The van der Waals surface area contributed by atoms with Crippen LogP contribution in [0.15, 0.2) is 77.7 Å². The predicted molar refractivity (Wildman–Crippen MR) is 155 cm³/mol. The zero-order valence-corrected chi connectivity index (χ0v) is 24.4. The number of hydrogen-bond acceptors (Lipinski definition) is 6. The Hall–Kier alpha value is -4.05. The third kappa shape index (κ3) is 7.53. The molecule has 1 atom stereocenters. The van der Waals surface area contributed by atoms with Gasteiger partial charge in [-0.3, -0.25) is 13.9 Å². The van der Waals surface area contributed by atoms with Crippen LogP contribution in [0.5, 0.6) is 11.5 Å². The summed E-state index contributed by atoms with van der Waals surface area (Å²) in [5.41, 5.74) is 2.05. The summed E-state index contributed by atoms with van der Waals surface area (Å²) in [6.45, 7) is 7.61. The summed E-state index contributed by atoms with van der Waals surface area (Å²) >= 11 is 0. The van der Waals surface area contributed by atoms with Crippen molar-refractivity contribution >= 4 is 27.5 Å². The molecule has 10 heteroatoms. The topological polar surface area (TPSA) is 105 Å². The summed E-state index contributed by atoms with van der Waals surface area (Å²) < 4.78 is 39.6. The van der Waals surface area contributed by atoms with Gasteiger partial charge < -0.3 is 19.7 Å². The highest BCUT2D eigenvalue weighted by atomic mass is 32.2. The van der Waals surface area contributed by atoms with Crippen LogP contribution in [-0.4, -0.2) is 58.0 Å². The largest absolute Gasteiger partial charge is 0.497 e. The molecule has 214 valence electrons. The van der Waals surface area contributed by atoms with E-state index < -0.39 is 28.5 Å². The van der Waals surface area contributed by atoms with Crippen LogP contribution in [0, 0.1) is 6.92 Å². The van der Waals surface area contributed by atoms with Gasteiger partial charge in [0.25, 0.3) is 10.0 Å². The van der Waals surface area contributed by atoms with Crippen molar-refractivity contribution in [2.45, 2.75) is 45.2 Å². The Labute approximate surface area is 236 Å². The van der Waals surface area contributed by atoms with Gasteiger partial charge in [-0.05, 0) is 81.8 Å². The molecule has 0 radical (unpaired) electrons. The molecule has 0 heterocycles. The average molecular weight is 568 g/mol. The van der Waals surface area contributed by atoms with E-state index in [9.17, 15) is 18.0 Å². The SMILES string of the molecule is CCNC(=O)[C@H](C)N(Cc1ccc(OC)cc1)C(=O)CN(c1ccc(C)cc1)S(=O)(=O)c1ccc(OCC)cc1. The van der Waals surface area contributed by atoms with Crippen LogP contribution in [0.3, 0.4) is 0 Å². The highest BCUT2D eigenvalue weighted by Crippen LogP contribution is 2.26. The van der Waals surface area contributed by atoms with Crippen molar-refractivity contribution in [1.29, 1.82) is 0 Å². The molecule has 0 saturated carbocycles. The third-order valence-electron chi connectivity index (χ3n) is 6.35. The van der Waals surface area contributed by atoms with E-state index in [1.807, 2.05) is 13.8 Å². The lowest BCUT2D eigenvalue weighted by Crippen LogP contribution is -2.51. The standard InChI is InChI=1S/C30H37N3O6S/c1-6-31-30(35)23(4)32(20-24-10-14-26(38-5)15-11-24)29(34)21-33(25-12-8-22(3)9-13-25)40(36,37)28-18-16-27(17-19-28)39-7-2/h8-19,23H,6-7,20-21H2,1-5H3,(H,31,35)/t23-/m0/s1. The lowest BCUT2D eigenvalue weighted by atomic mass is 10.1. The Morgan fingerprint density at radius 1 is 0.900 bits per heavy atom. The molecule has 0 fully saturated rings. The Kier molecular flexibility index (Phi) is 10.6. The van der Waals surface area contributed by atoms with Crippen LogP contribution in [0.4, 0.5) is 5.69 Å². The number of benzene rings is 3. The van der Waals surface area contributed by atoms with E-state index in [1.54, 1.807) is 81.6 Å². The number of methoxy groups -OCH3 is 1. The smallest absolute Gasteiger partial charge is 0.264 e. The van der Waals surface area contributed by atoms with Crippen molar-refractivity contribution in [3.8, 4) is 11.5 Å². The molecule has 3 aromatic carbocycles. The van der Waals surface area contributed by atoms with E-state index in [0.29, 0.717) is 30.3 Å².